The highest BCUT2D eigenvalue weighted by molar-refractivity contribution is 6.06. The molecule has 12 heteroatoms. The van der Waals surface area contributed by atoms with Crippen molar-refractivity contribution in [3.8, 4) is 11.4 Å². The molecule has 1 aliphatic carbocycles. The van der Waals surface area contributed by atoms with Crippen molar-refractivity contribution < 1.29 is 31.5 Å². The van der Waals surface area contributed by atoms with E-state index >= 15 is 4.39 Å². The Morgan fingerprint density at radius 1 is 1.16 bits per heavy atom. The van der Waals surface area contributed by atoms with Gasteiger partial charge in [0.05, 0.1) is 11.3 Å². The van der Waals surface area contributed by atoms with Crippen LogP contribution in [0.5, 0.6) is 5.75 Å². The van der Waals surface area contributed by atoms with Crippen LogP contribution in [0.1, 0.15) is 47.9 Å². The third-order valence-electron chi connectivity index (χ3n) is 7.04. The maximum Gasteiger partial charge on any atom is 0.425 e. The zero-order valence-electron chi connectivity index (χ0n) is 20.0. The Morgan fingerprint density at radius 3 is 2.54 bits per heavy atom. The number of aromatic nitrogens is 3. The number of benzene rings is 2. The van der Waals surface area contributed by atoms with Gasteiger partial charge in [0.1, 0.15) is 28.9 Å². The number of amides is 1. The Hall–Kier alpha value is -3.70. The third-order valence-corrected chi connectivity index (χ3v) is 7.04. The Morgan fingerprint density at radius 2 is 1.89 bits per heavy atom. The minimum absolute atomic E-state index is 0.105. The molecule has 2 aliphatic rings. The largest absolute Gasteiger partial charge is 0.480 e. The zero-order valence-corrected chi connectivity index (χ0v) is 20.0. The number of nitrogens with zero attached hydrogens (tertiary/aromatic N) is 3. The van der Waals surface area contributed by atoms with Crippen LogP contribution in [0.2, 0.25) is 0 Å². The maximum atomic E-state index is 15.3. The number of aryl methyl sites for hydroxylation is 1. The number of halogens is 5. The van der Waals surface area contributed by atoms with Gasteiger partial charge in [-0.15, -0.1) is 5.10 Å². The maximum absolute atomic E-state index is 15.3. The van der Waals surface area contributed by atoms with Crippen LogP contribution in [0.25, 0.3) is 5.69 Å². The third kappa shape index (κ3) is 4.60. The minimum Gasteiger partial charge on any atom is -0.480 e. The van der Waals surface area contributed by atoms with Gasteiger partial charge in [0.25, 0.3) is 5.91 Å². The molecule has 1 spiro atoms. The van der Waals surface area contributed by atoms with E-state index in [1.807, 2.05) is 0 Å². The van der Waals surface area contributed by atoms with Gasteiger partial charge >= 0.3 is 11.9 Å². The summed E-state index contributed by atoms with van der Waals surface area (Å²) in [5, 5.41) is 6.52. The number of hydrogen-bond acceptors (Lipinski definition) is 4. The molecule has 1 N–H and O–H groups in total. The first-order valence-corrected chi connectivity index (χ1v) is 11.7. The van der Waals surface area contributed by atoms with Gasteiger partial charge < -0.3 is 10.1 Å². The molecule has 2 aromatic carbocycles. The van der Waals surface area contributed by atoms with Crippen LogP contribution in [-0.2, 0) is 13.0 Å². The van der Waals surface area contributed by atoms with Crippen molar-refractivity contribution in [1.29, 1.82) is 0 Å². The summed E-state index contributed by atoms with van der Waals surface area (Å²) in [4.78, 5) is 26.0. The second-order valence-electron chi connectivity index (χ2n) is 9.68. The average Bonchev–Trinajstić information content (AvgIpc) is 3.49. The van der Waals surface area contributed by atoms with Crippen LogP contribution >= 0.6 is 0 Å². The summed E-state index contributed by atoms with van der Waals surface area (Å²) in [7, 11) is 0. The molecule has 0 saturated heterocycles. The van der Waals surface area contributed by atoms with Crippen molar-refractivity contribution >= 4 is 11.6 Å². The molecule has 5 rings (SSSR count). The molecule has 0 bridgehead atoms. The highest BCUT2D eigenvalue weighted by Crippen LogP contribution is 2.53. The normalized spacial score (nSPS) is 16.8. The van der Waals surface area contributed by atoms with Crippen LogP contribution in [0, 0.1) is 24.0 Å². The number of hydrogen-bond donors (Lipinski definition) is 1. The fraction of sp³-hybridized carbons (Fsp3) is 0.400. The molecule has 1 aliphatic heterocycles. The van der Waals surface area contributed by atoms with Gasteiger partial charge in [0, 0.05) is 19.0 Å². The van der Waals surface area contributed by atoms with Crippen molar-refractivity contribution in [3.05, 3.63) is 69.4 Å². The monoisotopic (exact) mass is 522 g/mol. The number of nitrogens with one attached hydrogen (secondary N) is 1. The number of para-hydroxylation sites is 1. The van der Waals surface area contributed by atoms with Gasteiger partial charge in [0.15, 0.2) is 6.10 Å². The molecule has 37 heavy (non-hydrogen) atoms. The fourth-order valence-electron chi connectivity index (χ4n) is 4.53. The van der Waals surface area contributed by atoms with E-state index in [1.54, 1.807) is 0 Å². The first kappa shape index (κ1) is 25.0. The molecule has 3 aromatic rings. The van der Waals surface area contributed by atoms with Crippen LogP contribution in [0.3, 0.4) is 0 Å². The molecule has 1 atom stereocenters. The van der Waals surface area contributed by atoms with Crippen molar-refractivity contribution in [2.75, 3.05) is 5.32 Å². The van der Waals surface area contributed by atoms with Gasteiger partial charge in [-0.25, -0.2) is 13.6 Å². The molecule has 196 valence electrons. The number of fused-ring (bicyclic) bond motifs is 1. The van der Waals surface area contributed by atoms with Crippen molar-refractivity contribution in [1.82, 2.24) is 14.3 Å². The number of anilines is 1. The van der Waals surface area contributed by atoms with Gasteiger partial charge in [-0.3, -0.25) is 9.36 Å². The first-order valence-electron chi connectivity index (χ1n) is 11.7. The number of carbonyl (C=O) groups excluding carboxylic acids is 1. The molecule has 0 unspecified atom stereocenters. The Balaban J connectivity index is 1.57. The highest BCUT2D eigenvalue weighted by Gasteiger charge is 2.46. The molecule has 1 saturated carbocycles. The summed E-state index contributed by atoms with van der Waals surface area (Å²) in [6.07, 6.45) is -3.79. The summed E-state index contributed by atoms with van der Waals surface area (Å²) in [5.74, 6) is -3.11. The van der Waals surface area contributed by atoms with E-state index in [4.69, 9.17) is 4.74 Å². The van der Waals surface area contributed by atoms with E-state index in [9.17, 15) is 27.2 Å². The smallest absolute Gasteiger partial charge is 0.425 e. The number of alkyl halides is 3. The van der Waals surface area contributed by atoms with Crippen molar-refractivity contribution in [2.24, 2.45) is 5.41 Å². The van der Waals surface area contributed by atoms with Gasteiger partial charge in [0.2, 0.25) is 0 Å². The minimum atomic E-state index is -4.80. The standard InChI is InChI=1S/C25H23F5N4O3/c1-13-4-3-5-16(26)21(13)31-22(35)15-10-17(27)18(11-19(15)37-14(2)25(28,29)30)34-23(36)33-9-8-24(6-7-24)12-20(33)32-34/h3-5,10-11,14H,6-9,12H2,1-2H3,(H,31,35)/t14-/m0/s1. The molecular formula is C25H23F5N4O3. The SMILES string of the molecule is Cc1cccc(F)c1NC(=O)c1cc(F)c(-n2nc3n(c2=O)CCC2(CC2)C3)cc1O[C@@H](C)C(F)(F)F. The fourth-order valence-corrected chi connectivity index (χ4v) is 4.53. The number of ether oxygens (including phenoxy) is 1. The molecule has 1 aromatic heterocycles. The van der Waals surface area contributed by atoms with E-state index in [-0.39, 0.29) is 11.1 Å². The molecule has 2 heterocycles. The molecule has 1 amide bonds. The lowest BCUT2D eigenvalue weighted by molar-refractivity contribution is -0.189. The Kier molecular flexibility index (Phi) is 5.87. The van der Waals surface area contributed by atoms with Gasteiger partial charge in [-0.2, -0.15) is 17.9 Å². The zero-order chi connectivity index (χ0) is 26.7. The quantitative estimate of drug-likeness (QED) is 0.482. The van der Waals surface area contributed by atoms with Crippen LogP contribution in [-0.4, -0.2) is 32.5 Å². The summed E-state index contributed by atoms with van der Waals surface area (Å²) in [5.41, 5.74) is -1.46. The van der Waals surface area contributed by atoms with Crippen molar-refractivity contribution in [2.45, 2.75) is 58.4 Å². The van der Waals surface area contributed by atoms with Crippen LogP contribution in [0.15, 0.2) is 35.1 Å². The average molecular weight is 522 g/mol. The lowest BCUT2D eigenvalue weighted by Gasteiger charge is -2.20. The van der Waals surface area contributed by atoms with E-state index in [1.165, 1.54) is 23.6 Å². The van der Waals surface area contributed by atoms with E-state index < -0.39 is 52.5 Å². The molecule has 0 radical (unpaired) electrons. The van der Waals surface area contributed by atoms with Crippen LogP contribution < -0.4 is 15.7 Å². The number of carbonyl (C=O) groups is 1. The summed E-state index contributed by atoms with van der Waals surface area (Å²) < 4.78 is 76.7. The summed E-state index contributed by atoms with van der Waals surface area (Å²) >= 11 is 0. The predicted octanol–water partition coefficient (Wildman–Crippen LogP) is 4.93. The van der Waals surface area contributed by atoms with Gasteiger partial charge in [-0.05, 0) is 56.2 Å². The van der Waals surface area contributed by atoms with E-state index in [2.05, 4.69) is 10.4 Å². The summed E-state index contributed by atoms with van der Waals surface area (Å²) in [6.45, 7) is 2.65. The second-order valence-corrected chi connectivity index (χ2v) is 9.68. The summed E-state index contributed by atoms with van der Waals surface area (Å²) in [6, 6.07) is 5.53. The van der Waals surface area contributed by atoms with Crippen molar-refractivity contribution in [3.63, 3.8) is 0 Å². The lowest BCUT2D eigenvalue weighted by atomic mass is 9.95. The molecule has 7 nitrogen and oxygen atoms in total. The Bertz CT molecular complexity index is 1440. The van der Waals surface area contributed by atoms with Crippen LogP contribution in [0.4, 0.5) is 27.6 Å². The topological polar surface area (TPSA) is 78.2 Å². The lowest BCUT2D eigenvalue weighted by Crippen LogP contribution is -2.32. The number of rotatable bonds is 5. The predicted molar refractivity (Wildman–Crippen MR) is 123 cm³/mol. The van der Waals surface area contributed by atoms with E-state index in [0.29, 0.717) is 30.4 Å². The highest BCUT2D eigenvalue weighted by atomic mass is 19.4. The molecule has 1 fully saturated rings. The first-order chi connectivity index (χ1) is 17.4. The molecular weight excluding hydrogens is 499 g/mol. The van der Waals surface area contributed by atoms with Gasteiger partial charge in [-0.1, -0.05) is 12.1 Å². The second kappa shape index (κ2) is 8.70. The Labute approximate surface area is 207 Å². The van der Waals surface area contributed by atoms with E-state index in [0.717, 1.165) is 43.0 Å².